The second-order valence-corrected chi connectivity index (χ2v) is 6.30. The summed E-state index contributed by atoms with van der Waals surface area (Å²) in [7, 11) is 0. The van der Waals surface area contributed by atoms with Crippen molar-refractivity contribution in [3.05, 3.63) is 42.2 Å². The van der Waals surface area contributed by atoms with Gasteiger partial charge in [0.1, 0.15) is 5.69 Å². The Balaban J connectivity index is 1.65. The van der Waals surface area contributed by atoms with Gasteiger partial charge in [0.25, 0.3) is 0 Å². The van der Waals surface area contributed by atoms with Gasteiger partial charge in [-0.3, -0.25) is 4.79 Å². The van der Waals surface area contributed by atoms with Crippen LogP contribution in [0, 0.1) is 5.92 Å². The van der Waals surface area contributed by atoms with E-state index in [2.05, 4.69) is 10.5 Å². The maximum Gasteiger partial charge on any atom is 0.205 e. The standard InChI is InChI=1S/C19H24N2O2/c1-2-14(13-20-16-10-6-7-11-16)19(22)18-12-17(21-23-18)15-8-4-3-5-9-15/h3-5,8-9,12,14,16,20H,2,6-7,10-11,13H2,1H3. The SMILES string of the molecule is CCC(CNC1CCCC1)C(=O)c1cc(-c2ccccc2)no1. The molecular weight excluding hydrogens is 288 g/mol. The highest BCUT2D eigenvalue weighted by atomic mass is 16.5. The minimum atomic E-state index is -0.0489. The van der Waals surface area contributed by atoms with Crippen LogP contribution in [0.2, 0.25) is 0 Å². The molecule has 1 aromatic heterocycles. The summed E-state index contributed by atoms with van der Waals surface area (Å²) in [5.74, 6) is 0.365. The normalized spacial score (nSPS) is 16.6. The average molecular weight is 312 g/mol. The van der Waals surface area contributed by atoms with E-state index in [-0.39, 0.29) is 11.7 Å². The van der Waals surface area contributed by atoms with E-state index in [1.54, 1.807) is 6.07 Å². The molecule has 1 N–H and O–H groups in total. The van der Waals surface area contributed by atoms with Crippen molar-refractivity contribution in [3.8, 4) is 11.3 Å². The number of hydrogen-bond donors (Lipinski definition) is 1. The fourth-order valence-electron chi connectivity index (χ4n) is 3.20. The van der Waals surface area contributed by atoms with Crippen molar-refractivity contribution < 1.29 is 9.32 Å². The van der Waals surface area contributed by atoms with Gasteiger partial charge in [-0.2, -0.15) is 0 Å². The molecule has 0 saturated heterocycles. The van der Waals surface area contributed by atoms with Gasteiger partial charge in [0, 0.05) is 30.1 Å². The first kappa shape index (κ1) is 15.9. The van der Waals surface area contributed by atoms with Gasteiger partial charge in [0.05, 0.1) is 0 Å². The van der Waals surface area contributed by atoms with Crippen LogP contribution in [-0.4, -0.2) is 23.5 Å². The number of nitrogens with one attached hydrogen (secondary N) is 1. The number of Topliss-reactive ketones (excluding diaryl/α,β-unsaturated/α-hetero) is 1. The van der Waals surface area contributed by atoms with Gasteiger partial charge in [-0.05, 0) is 19.3 Å². The average Bonchev–Trinajstić information content (AvgIpc) is 3.28. The summed E-state index contributed by atoms with van der Waals surface area (Å²) in [6.07, 6.45) is 5.85. The molecular formula is C19H24N2O2. The molecule has 3 rings (SSSR count). The molecule has 1 fully saturated rings. The molecule has 0 aliphatic heterocycles. The lowest BCUT2D eigenvalue weighted by Crippen LogP contribution is -2.34. The second-order valence-electron chi connectivity index (χ2n) is 6.30. The Morgan fingerprint density at radius 2 is 2.04 bits per heavy atom. The molecule has 122 valence electrons. The lowest BCUT2D eigenvalue weighted by molar-refractivity contribution is 0.0875. The Labute approximate surface area is 137 Å². The first-order valence-electron chi connectivity index (χ1n) is 8.57. The molecule has 2 aromatic rings. The number of aromatic nitrogens is 1. The summed E-state index contributed by atoms with van der Waals surface area (Å²) in [6, 6.07) is 12.1. The van der Waals surface area contributed by atoms with E-state index in [0.29, 0.717) is 17.5 Å². The van der Waals surface area contributed by atoms with E-state index in [9.17, 15) is 4.79 Å². The third kappa shape index (κ3) is 3.88. The van der Waals surface area contributed by atoms with Crippen molar-refractivity contribution in [2.24, 2.45) is 5.92 Å². The van der Waals surface area contributed by atoms with Crippen molar-refractivity contribution in [2.45, 2.75) is 45.1 Å². The van der Waals surface area contributed by atoms with Gasteiger partial charge in [0.2, 0.25) is 11.5 Å². The summed E-state index contributed by atoms with van der Waals surface area (Å²) in [5.41, 5.74) is 1.68. The van der Waals surface area contributed by atoms with Gasteiger partial charge in [-0.25, -0.2) is 0 Å². The Morgan fingerprint density at radius 3 is 2.74 bits per heavy atom. The zero-order valence-corrected chi connectivity index (χ0v) is 13.6. The van der Waals surface area contributed by atoms with Crippen LogP contribution in [0.5, 0.6) is 0 Å². The van der Waals surface area contributed by atoms with Gasteiger partial charge < -0.3 is 9.84 Å². The summed E-state index contributed by atoms with van der Waals surface area (Å²) < 4.78 is 5.31. The van der Waals surface area contributed by atoms with Crippen molar-refractivity contribution in [2.75, 3.05) is 6.54 Å². The highest BCUT2D eigenvalue weighted by Gasteiger charge is 2.24. The van der Waals surface area contributed by atoms with E-state index in [4.69, 9.17) is 4.52 Å². The first-order valence-corrected chi connectivity index (χ1v) is 8.57. The summed E-state index contributed by atoms with van der Waals surface area (Å²) >= 11 is 0. The number of rotatable bonds is 7. The Kier molecular flexibility index (Phi) is 5.23. The van der Waals surface area contributed by atoms with Gasteiger partial charge >= 0.3 is 0 Å². The van der Waals surface area contributed by atoms with Crippen LogP contribution in [0.15, 0.2) is 40.9 Å². The van der Waals surface area contributed by atoms with Gasteiger partial charge in [0.15, 0.2) is 0 Å². The van der Waals surface area contributed by atoms with Crippen LogP contribution >= 0.6 is 0 Å². The molecule has 0 spiro atoms. The van der Waals surface area contributed by atoms with Crippen LogP contribution in [0.25, 0.3) is 11.3 Å². The smallest absolute Gasteiger partial charge is 0.205 e. The fourth-order valence-corrected chi connectivity index (χ4v) is 3.20. The molecule has 4 nitrogen and oxygen atoms in total. The first-order chi connectivity index (χ1) is 11.3. The second kappa shape index (κ2) is 7.55. The molecule has 0 amide bonds. The predicted octanol–water partition coefficient (Wildman–Crippen LogP) is 4.08. The van der Waals surface area contributed by atoms with Gasteiger partial charge in [-0.15, -0.1) is 0 Å². The monoisotopic (exact) mass is 312 g/mol. The van der Waals surface area contributed by atoms with Crippen molar-refractivity contribution >= 4 is 5.78 Å². The summed E-state index contributed by atoms with van der Waals surface area (Å²) in [6.45, 7) is 2.77. The molecule has 1 atom stereocenters. The maximum absolute atomic E-state index is 12.7. The van der Waals surface area contributed by atoms with Crippen molar-refractivity contribution in [1.29, 1.82) is 0 Å². The van der Waals surface area contributed by atoms with Crippen molar-refractivity contribution in [1.82, 2.24) is 10.5 Å². The van der Waals surface area contributed by atoms with E-state index >= 15 is 0 Å². The fraction of sp³-hybridized carbons (Fsp3) is 0.474. The van der Waals surface area contributed by atoms with Crippen LogP contribution in [0.1, 0.15) is 49.6 Å². The molecule has 0 radical (unpaired) electrons. The Hall–Kier alpha value is -1.94. The van der Waals surface area contributed by atoms with Crippen molar-refractivity contribution in [3.63, 3.8) is 0 Å². The highest BCUT2D eigenvalue weighted by Crippen LogP contribution is 2.22. The van der Waals surface area contributed by atoms with Gasteiger partial charge in [-0.1, -0.05) is 55.3 Å². The maximum atomic E-state index is 12.7. The molecule has 1 saturated carbocycles. The van der Waals surface area contributed by atoms with E-state index < -0.39 is 0 Å². The van der Waals surface area contributed by atoms with Crippen LogP contribution in [0.4, 0.5) is 0 Å². The Morgan fingerprint density at radius 1 is 1.30 bits per heavy atom. The topological polar surface area (TPSA) is 55.1 Å². The number of benzene rings is 1. The number of carbonyl (C=O) groups excluding carboxylic acids is 1. The van der Waals surface area contributed by atoms with E-state index in [1.165, 1.54) is 25.7 Å². The number of hydrogen-bond acceptors (Lipinski definition) is 4. The third-order valence-electron chi connectivity index (χ3n) is 4.69. The minimum absolute atomic E-state index is 0.0488. The van der Waals surface area contributed by atoms with E-state index in [0.717, 1.165) is 18.5 Å². The lowest BCUT2D eigenvalue weighted by atomic mass is 9.98. The molecule has 1 aliphatic carbocycles. The van der Waals surface area contributed by atoms with Crippen LogP contribution < -0.4 is 5.32 Å². The third-order valence-corrected chi connectivity index (χ3v) is 4.69. The molecule has 1 unspecified atom stereocenters. The van der Waals surface area contributed by atoms with Crippen LogP contribution in [-0.2, 0) is 0 Å². The largest absolute Gasteiger partial charge is 0.352 e. The molecule has 1 heterocycles. The number of carbonyl (C=O) groups is 1. The van der Waals surface area contributed by atoms with E-state index in [1.807, 2.05) is 37.3 Å². The van der Waals surface area contributed by atoms with Crippen LogP contribution in [0.3, 0.4) is 0 Å². The molecule has 0 bridgehead atoms. The molecule has 1 aliphatic rings. The number of ketones is 1. The molecule has 23 heavy (non-hydrogen) atoms. The molecule has 4 heteroatoms. The predicted molar refractivity (Wildman–Crippen MR) is 90.3 cm³/mol. The number of nitrogens with zero attached hydrogens (tertiary/aromatic N) is 1. The zero-order valence-electron chi connectivity index (χ0n) is 13.6. The zero-order chi connectivity index (χ0) is 16.1. The highest BCUT2D eigenvalue weighted by molar-refractivity contribution is 5.96. The lowest BCUT2D eigenvalue weighted by Gasteiger charge is -2.17. The Bertz CT molecular complexity index is 630. The quantitative estimate of drug-likeness (QED) is 0.783. The summed E-state index contributed by atoms with van der Waals surface area (Å²) in [4.78, 5) is 12.7. The molecule has 1 aromatic carbocycles. The minimum Gasteiger partial charge on any atom is -0.352 e. The summed E-state index contributed by atoms with van der Waals surface area (Å²) in [5, 5.41) is 7.58.